The van der Waals surface area contributed by atoms with Crippen molar-refractivity contribution < 1.29 is 0 Å². The second-order valence-corrected chi connectivity index (χ2v) is 3.14. The van der Waals surface area contributed by atoms with E-state index in [-0.39, 0.29) is 6.04 Å². The van der Waals surface area contributed by atoms with E-state index >= 15 is 0 Å². The maximum absolute atomic E-state index is 5.71. The van der Waals surface area contributed by atoms with Gasteiger partial charge >= 0.3 is 0 Å². The first-order chi connectivity index (χ1) is 5.74. The number of nitrogens with two attached hydrogens (primary N) is 1. The molecule has 0 aliphatic heterocycles. The fourth-order valence-electron chi connectivity index (χ4n) is 1.28. The van der Waals surface area contributed by atoms with Gasteiger partial charge in [-0.2, -0.15) is 0 Å². The Morgan fingerprint density at radius 1 is 1.58 bits per heavy atom. The van der Waals surface area contributed by atoms with Crippen LogP contribution in [0.1, 0.15) is 25.1 Å². The van der Waals surface area contributed by atoms with Crippen molar-refractivity contribution in [1.82, 2.24) is 4.98 Å². The molecule has 2 heteroatoms. The maximum Gasteiger partial charge on any atom is 0.0450 e. The summed E-state index contributed by atoms with van der Waals surface area (Å²) in [6, 6.07) is 4.29. The minimum atomic E-state index is 0.199. The molecule has 2 nitrogen and oxygen atoms in total. The lowest BCUT2D eigenvalue weighted by Gasteiger charge is -2.08. The van der Waals surface area contributed by atoms with Gasteiger partial charge in [-0.1, -0.05) is 13.0 Å². The fourth-order valence-corrected chi connectivity index (χ4v) is 1.28. The van der Waals surface area contributed by atoms with E-state index in [1.807, 2.05) is 19.2 Å². The zero-order valence-electron chi connectivity index (χ0n) is 7.75. The van der Waals surface area contributed by atoms with E-state index in [4.69, 9.17) is 5.73 Å². The Kier molecular flexibility index (Phi) is 3.23. The Hall–Kier alpha value is -0.890. The Labute approximate surface area is 73.8 Å². The van der Waals surface area contributed by atoms with E-state index in [1.165, 1.54) is 5.56 Å². The van der Waals surface area contributed by atoms with Crippen LogP contribution in [0.15, 0.2) is 18.3 Å². The molecule has 1 atom stereocenters. The highest BCUT2D eigenvalue weighted by Gasteiger charge is 2.03. The molecule has 1 heterocycles. The van der Waals surface area contributed by atoms with Gasteiger partial charge in [0.15, 0.2) is 0 Å². The van der Waals surface area contributed by atoms with E-state index in [1.54, 1.807) is 0 Å². The van der Waals surface area contributed by atoms with Gasteiger partial charge in [0.2, 0.25) is 0 Å². The largest absolute Gasteiger partial charge is 0.328 e. The Morgan fingerprint density at radius 3 is 2.92 bits per heavy atom. The highest BCUT2D eigenvalue weighted by molar-refractivity contribution is 5.20. The molecule has 0 fully saturated rings. The molecule has 1 unspecified atom stereocenters. The lowest BCUT2D eigenvalue weighted by atomic mass is 10.1. The van der Waals surface area contributed by atoms with Gasteiger partial charge in [-0.15, -0.1) is 0 Å². The fraction of sp³-hybridized carbons (Fsp3) is 0.500. The van der Waals surface area contributed by atoms with Crippen LogP contribution in [0.2, 0.25) is 0 Å². The average Bonchev–Trinajstić information content (AvgIpc) is 2.04. The van der Waals surface area contributed by atoms with Crippen LogP contribution in [0.5, 0.6) is 0 Å². The Morgan fingerprint density at radius 2 is 2.33 bits per heavy atom. The lowest BCUT2D eigenvalue weighted by Crippen LogP contribution is -2.19. The first-order valence-electron chi connectivity index (χ1n) is 4.42. The number of aromatic nitrogens is 1. The molecule has 0 aromatic carbocycles. The molecule has 1 aromatic heterocycles. The third kappa shape index (κ3) is 2.31. The van der Waals surface area contributed by atoms with Gasteiger partial charge in [-0.3, -0.25) is 4.98 Å². The van der Waals surface area contributed by atoms with E-state index in [0.29, 0.717) is 0 Å². The molecule has 0 spiro atoms. The molecule has 0 saturated carbocycles. The van der Waals surface area contributed by atoms with Crippen LogP contribution >= 0.6 is 0 Å². The molecule has 66 valence electrons. The van der Waals surface area contributed by atoms with Crippen LogP contribution in [0.25, 0.3) is 0 Å². The maximum atomic E-state index is 5.71. The van der Waals surface area contributed by atoms with Crippen LogP contribution in [-0.2, 0) is 12.8 Å². The summed E-state index contributed by atoms with van der Waals surface area (Å²) in [6.07, 6.45) is 3.75. The minimum absolute atomic E-state index is 0.199. The van der Waals surface area contributed by atoms with Crippen molar-refractivity contribution in [2.75, 3.05) is 0 Å². The number of hydrogen-bond acceptors (Lipinski definition) is 2. The Balaban J connectivity index is 2.82. The molecule has 12 heavy (non-hydrogen) atoms. The first kappa shape index (κ1) is 9.20. The number of nitrogens with zero attached hydrogens (tertiary/aromatic N) is 1. The van der Waals surface area contributed by atoms with Gasteiger partial charge < -0.3 is 5.73 Å². The van der Waals surface area contributed by atoms with Crippen LogP contribution in [0.4, 0.5) is 0 Å². The number of hydrogen-bond donors (Lipinski definition) is 1. The number of rotatable bonds is 3. The number of aryl methyl sites for hydroxylation is 1. The average molecular weight is 164 g/mol. The molecule has 0 aliphatic carbocycles. The molecule has 1 rings (SSSR count). The summed E-state index contributed by atoms with van der Waals surface area (Å²) in [7, 11) is 0. The SMILES string of the molecule is CCc1cccnc1CC(C)N. The van der Waals surface area contributed by atoms with Crippen molar-refractivity contribution >= 4 is 0 Å². The van der Waals surface area contributed by atoms with E-state index < -0.39 is 0 Å². The minimum Gasteiger partial charge on any atom is -0.328 e. The predicted molar refractivity (Wildman–Crippen MR) is 51.0 cm³/mol. The molecule has 0 saturated heterocycles. The smallest absolute Gasteiger partial charge is 0.0450 e. The molecular formula is C10H16N2. The molecule has 0 amide bonds. The second-order valence-electron chi connectivity index (χ2n) is 3.14. The highest BCUT2D eigenvalue weighted by Crippen LogP contribution is 2.07. The molecule has 2 N–H and O–H groups in total. The van der Waals surface area contributed by atoms with E-state index in [2.05, 4.69) is 18.0 Å². The third-order valence-electron chi connectivity index (χ3n) is 1.88. The van der Waals surface area contributed by atoms with Crippen molar-refractivity contribution in [2.24, 2.45) is 5.73 Å². The van der Waals surface area contributed by atoms with Gasteiger partial charge in [-0.05, 0) is 25.0 Å². The molecule has 0 bridgehead atoms. The summed E-state index contributed by atoms with van der Waals surface area (Å²) >= 11 is 0. The van der Waals surface area contributed by atoms with Crippen LogP contribution < -0.4 is 5.73 Å². The topological polar surface area (TPSA) is 38.9 Å². The summed E-state index contributed by atoms with van der Waals surface area (Å²) in [6.45, 7) is 4.15. The summed E-state index contributed by atoms with van der Waals surface area (Å²) in [5.41, 5.74) is 8.17. The van der Waals surface area contributed by atoms with E-state index in [9.17, 15) is 0 Å². The van der Waals surface area contributed by atoms with Crippen molar-refractivity contribution in [3.63, 3.8) is 0 Å². The van der Waals surface area contributed by atoms with Crippen LogP contribution in [0, 0.1) is 0 Å². The van der Waals surface area contributed by atoms with Gasteiger partial charge in [0, 0.05) is 24.4 Å². The Bertz CT molecular complexity index is 243. The monoisotopic (exact) mass is 164 g/mol. The van der Waals surface area contributed by atoms with Crippen LogP contribution in [0.3, 0.4) is 0 Å². The lowest BCUT2D eigenvalue weighted by molar-refractivity contribution is 0.714. The van der Waals surface area contributed by atoms with Crippen LogP contribution in [-0.4, -0.2) is 11.0 Å². The summed E-state index contributed by atoms with van der Waals surface area (Å²) < 4.78 is 0. The molecule has 0 aliphatic rings. The number of pyridine rings is 1. The third-order valence-corrected chi connectivity index (χ3v) is 1.88. The van der Waals surface area contributed by atoms with Crippen molar-refractivity contribution in [1.29, 1.82) is 0 Å². The zero-order chi connectivity index (χ0) is 8.97. The highest BCUT2D eigenvalue weighted by atomic mass is 14.7. The van der Waals surface area contributed by atoms with Gasteiger partial charge in [-0.25, -0.2) is 0 Å². The summed E-state index contributed by atoms with van der Waals surface area (Å²) in [5, 5.41) is 0. The quantitative estimate of drug-likeness (QED) is 0.736. The molecular weight excluding hydrogens is 148 g/mol. The van der Waals surface area contributed by atoms with Gasteiger partial charge in [0.25, 0.3) is 0 Å². The normalized spacial score (nSPS) is 12.9. The van der Waals surface area contributed by atoms with Crippen molar-refractivity contribution in [3.05, 3.63) is 29.6 Å². The van der Waals surface area contributed by atoms with E-state index in [0.717, 1.165) is 18.5 Å². The van der Waals surface area contributed by atoms with Crippen molar-refractivity contribution in [2.45, 2.75) is 32.7 Å². The second kappa shape index (κ2) is 4.21. The summed E-state index contributed by atoms with van der Waals surface area (Å²) in [4.78, 5) is 4.31. The van der Waals surface area contributed by atoms with Crippen molar-refractivity contribution in [3.8, 4) is 0 Å². The van der Waals surface area contributed by atoms with Gasteiger partial charge in [0.1, 0.15) is 0 Å². The zero-order valence-corrected chi connectivity index (χ0v) is 7.75. The summed E-state index contributed by atoms with van der Waals surface area (Å²) in [5.74, 6) is 0. The first-order valence-corrected chi connectivity index (χ1v) is 4.42. The van der Waals surface area contributed by atoms with Gasteiger partial charge in [0.05, 0.1) is 0 Å². The molecule has 0 radical (unpaired) electrons. The molecule has 1 aromatic rings. The predicted octanol–water partition coefficient (Wildman–Crippen LogP) is 1.53. The standard InChI is InChI=1S/C10H16N2/c1-3-9-5-4-6-12-10(9)7-8(2)11/h4-6,8H,3,7,11H2,1-2H3.